The van der Waals surface area contributed by atoms with Gasteiger partial charge < -0.3 is 10.6 Å². The van der Waals surface area contributed by atoms with Crippen LogP contribution in [-0.4, -0.2) is 24.5 Å². The summed E-state index contributed by atoms with van der Waals surface area (Å²) in [6, 6.07) is 8.38. The number of carbonyl (C=O) groups excluding carboxylic acids is 1. The SMILES string of the molecule is Cc1ccccc1CC(C)(C)NC(=O)C1CCCNC1. The molecule has 1 aliphatic rings. The Balaban J connectivity index is 1.96. The van der Waals surface area contributed by atoms with Gasteiger partial charge in [-0.1, -0.05) is 24.3 Å². The third-order valence-corrected chi connectivity index (χ3v) is 4.02. The molecule has 1 amide bonds. The Morgan fingerprint density at radius 2 is 2.15 bits per heavy atom. The van der Waals surface area contributed by atoms with E-state index >= 15 is 0 Å². The molecule has 2 N–H and O–H groups in total. The lowest BCUT2D eigenvalue weighted by Gasteiger charge is -2.31. The van der Waals surface area contributed by atoms with Crippen LogP contribution in [0.25, 0.3) is 0 Å². The van der Waals surface area contributed by atoms with Crippen LogP contribution in [0.4, 0.5) is 0 Å². The van der Waals surface area contributed by atoms with Gasteiger partial charge in [0.05, 0.1) is 5.92 Å². The fourth-order valence-corrected chi connectivity index (χ4v) is 2.84. The minimum Gasteiger partial charge on any atom is -0.351 e. The van der Waals surface area contributed by atoms with E-state index in [0.29, 0.717) is 0 Å². The largest absolute Gasteiger partial charge is 0.351 e. The molecule has 2 rings (SSSR count). The van der Waals surface area contributed by atoms with Crippen molar-refractivity contribution in [1.82, 2.24) is 10.6 Å². The van der Waals surface area contributed by atoms with Crippen LogP contribution in [0.1, 0.15) is 37.8 Å². The van der Waals surface area contributed by atoms with Crippen LogP contribution >= 0.6 is 0 Å². The second-order valence-electron chi connectivity index (χ2n) is 6.52. The minimum atomic E-state index is -0.208. The van der Waals surface area contributed by atoms with Gasteiger partial charge in [-0.15, -0.1) is 0 Å². The van der Waals surface area contributed by atoms with Gasteiger partial charge in [0, 0.05) is 12.1 Å². The molecule has 0 spiro atoms. The van der Waals surface area contributed by atoms with E-state index in [2.05, 4.69) is 55.7 Å². The lowest BCUT2D eigenvalue weighted by molar-refractivity contribution is -0.127. The van der Waals surface area contributed by atoms with E-state index in [1.807, 2.05) is 0 Å². The zero-order valence-electron chi connectivity index (χ0n) is 12.8. The van der Waals surface area contributed by atoms with Gasteiger partial charge in [0.1, 0.15) is 0 Å². The molecule has 0 bridgehead atoms. The fourth-order valence-electron chi connectivity index (χ4n) is 2.84. The lowest BCUT2D eigenvalue weighted by atomic mass is 9.90. The molecular formula is C17H26N2O. The highest BCUT2D eigenvalue weighted by molar-refractivity contribution is 5.79. The van der Waals surface area contributed by atoms with Crippen LogP contribution < -0.4 is 10.6 Å². The summed E-state index contributed by atoms with van der Waals surface area (Å²) in [5.74, 6) is 0.315. The minimum absolute atomic E-state index is 0.125. The smallest absolute Gasteiger partial charge is 0.224 e. The summed E-state index contributed by atoms with van der Waals surface area (Å²) in [6.07, 6.45) is 2.96. The normalized spacial score (nSPS) is 19.6. The van der Waals surface area contributed by atoms with Gasteiger partial charge in [-0.05, 0) is 57.7 Å². The number of benzene rings is 1. The summed E-state index contributed by atoms with van der Waals surface area (Å²) in [6.45, 7) is 8.18. The molecule has 3 heteroatoms. The molecule has 3 nitrogen and oxygen atoms in total. The third-order valence-electron chi connectivity index (χ3n) is 4.02. The van der Waals surface area contributed by atoms with Crippen molar-refractivity contribution in [2.45, 2.75) is 45.6 Å². The molecule has 1 heterocycles. The van der Waals surface area contributed by atoms with Crippen molar-refractivity contribution < 1.29 is 4.79 Å². The molecule has 1 fully saturated rings. The second kappa shape index (κ2) is 6.40. The van der Waals surface area contributed by atoms with Crippen molar-refractivity contribution in [3.05, 3.63) is 35.4 Å². The first-order valence-electron chi connectivity index (χ1n) is 7.55. The van der Waals surface area contributed by atoms with Crippen LogP contribution in [-0.2, 0) is 11.2 Å². The van der Waals surface area contributed by atoms with Gasteiger partial charge in [-0.3, -0.25) is 4.79 Å². The Morgan fingerprint density at radius 3 is 2.80 bits per heavy atom. The third kappa shape index (κ3) is 4.07. The molecule has 110 valence electrons. The molecule has 1 aromatic rings. The number of rotatable bonds is 4. The number of piperidine rings is 1. The first-order valence-corrected chi connectivity index (χ1v) is 7.55. The zero-order chi connectivity index (χ0) is 14.6. The molecule has 1 aromatic carbocycles. The topological polar surface area (TPSA) is 41.1 Å². The fraction of sp³-hybridized carbons (Fsp3) is 0.588. The summed E-state index contributed by atoms with van der Waals surface area (Å²) in [5, 5.41) is 6.52. The average Bonchev–Trinajstić information content (AvgIpc) is 2.41. The number of hydrogen-bond donors (Lipinski definition) is 2. The van der Waals surface area contributed by atoms with Gasteiger partial charge >= 0.3 is 0 Å². The van der Waals surface area contributed by atoms with E-state index in [9.17, 15) is 4.79 Å². The highest BCUT2D eigenvalue weighted by Crippen LogP contribution is 2.18. The van der Waals surface area contributed by atoms with Crippen molar-refractivity contribution in [2.24, 2.45) is 5.92 Å². The molecule has 1 aliphatic heterocycles. The lowest BCUT2D eigenvalue weighted by Crippen LogP contribution is -2.50. The Labute approximate surface area is 122 Å². The van der Waals surface area contributed by atoms with Crippen molar-refractivity contribution in [2.75, 3.05) is 13.1 Å². The first kappa shape index (κ1) is 15.0. The van der Waals surface area contributed by atoms with Crippen LogP contribution in [0.5, 0.6) is 0 Å². The first-order chi connectivity index (χ1) is 9.48. The maximum absolute atomic E-state index is 12.3. The maximum Gasteiger partial charge on any atom is 0.224 e. The van der Waals surface area contributed by atoms with Crippen molar-refractivity contribution in [3.8, 4) is 0 Å². The summed E-state index contributed by atoms with van der Waals surface area (Å²) in [7, 11) is 0. The van der Waals surface area contributed by atoms with Crippen LogP contribution in [0.15, 0.2) is 24.3 Å². The number of hydrogen-bond acceptors (Lipinski definition) is 2. The standard InChI is InChI=1S/C17H26N2O/c1-13-7-4-5-8-14(13)11-17(2,3)19-16(20)15-9-6-10-18-12-15/h4-5,7-8,15,18H,6,9-12H2,1-3H3,(H,19,20). The maximum atomic E-state index is 12.3. The van der Waals surface area contributed by atoms with E-state index in [0.717, 1.165) is 32.4 Å². The molecule has 0 saturated carbocycles. The van der Waals surface area contributed by atoms with Crippen LogP contribution in [0, 0.1) is 12.8 Å². The zero-order valence-corrected chi connectivity index (χ0v) is 12.8. The molecule has 0 aliphatic carbocycles. The number of nitrogens with one attached hydrogen (secondary N) is 2. The molecule has 1 atom stereocenters. The van der Waals surface area contributed by atoms with E-state index in [4.69, 9.17) is 0 Å². The van der Waals surface area contributed by atoms with E-state index < -0.39 is 0 Å². The van der Waals surface area contributed by atoms with Crippen LogP contribution in [0.2, 0.25) is 0 Å². The number of carbonyl (C=O) groups is 1. The Morgan fingerprint density at radius 1 is 1.40 bits per heavy atom. The van der Waals surface area contributed by atoms with Gasteiger partial charge in [-0.2, -0.15) is 0 Å². The quantitative estimate of drug-likeness (QED) is 0.885. The van der Waals surface area contributed by atoms with Crippen molar-refractivity contribution in [1.29, 1.82) is 0 Å². The summed E-state index contributed by atoms with van der Waals surface area (Å²) < 4.78 is 0. The van der Waals surface area contributed by atoms with Crippen molar-refractivity contribution >= 4 is 5.91 Å². The Hall–Kier alpha value is -1.35. The van der Waals surface area contributed by atoms with Crippen molar-refractivity contribution in [3.63, 3.8) is 0 Å². The Bertz CT molecular complexity index is 462. The predicted molar refractivity (Wildman–Crippen MR) is 82.7 cm³/mol. The summed E-state index contributed by atoms with van der Waals surface area (Å²) in [4.78, 5) is 12.3. The molecule has 0 radical (unpaired) electrons. The number of amides is 1. The van der Waals surface area contributed by atoms with E-state index in [-0.39, 0.29) is 17.4 Å². The predicted octanol–water partition coefficient (Wildman–Crippen LogP) is 2.43. The average molecular weight is 274 g/mol. The second-order valence-corrected chi connectivity index (χ2v) is 6.52. The molecule has 0 aromatic heterocycles. The number of aryl methyl sites for hydroxylation is 1. The summed E-state index contributed by atoms with van der Waals surface area (Å²) >= 11 is 0. The highest BCUT2D eigenvalue weighted by Gasteiger charge is 2.27. The molecule has 1 saturated heterocycles. The monoisotopic (exact) mass is 274 g/mol. The van der Waals surface area contributed by atoms with Crippen LogP contribution in [0.3, 0.4) is 0 Å². The van der Waals surface area contributed by atoms with Gasteiger partial charge in [0.2, 0.25) is 5.91 Å². The van der Waals surface area contributed by atoms with Gasteiger partial charge in [-0.25, -0.2) is 0 Å². The Kier molecular flexibility index (Phi) is 4.81. The van der Waals surface area contributed by atoms with E-state index in [1.54, 1.807) is 0 Å². The highest BCUT2D eigenvalue weighted by atomic mass is 16.2. The van der Waals surface area contributed by atoms with E-state index in [1.165, 1.54) is 11.1 Å². The van der Waals surface area contributed by atoms with Gasteiger partial charge in [0.15, 0.2) is 0 Å². The molecular weight excluding hydrogens is 248 g/mol. The summed E-state index contributed by atoms with van der Waals surface area (Å²) in [5.41, 5.74) is 2.38. The van der Waals surface area contributed by atoms with Gasteiger partial charge in [0.25, 0.3) is 0 Å². The molecule has 1 unspecified atom stereocenters. The molecule has 20 heavy (non-hydrogen) atoms.